The number of methoxy groups -OCH3 is 1. The maximum Gasteiger partial charge on any atom is 0.326 e. The van der Waals surface area contributed by atoms with Gasteiger partial charge in [0.15, 0.2) is 0 Å². The smallest absolute Gasteiger partial charge is 0.326 e. The third-order valence-electron chi connectivity index (χ3n) is 7.71. The summed E-state index contributed by atoms with van der Waals surface area (Å²) in [7, 11) is -1.70. The SMILES string of the molecule is COCC1CC(OCc2ccccc2)CN1Cc1ccc(C(=O)NC(CCS(C)(=O)=O)C(=O)O)c(-c2ccccc2C)c1. The van der Waals surface area contributed by atoms with Crippen LogP contribution in [0.4, 0.5) is 0 Å². The van der Waals surface area contributed by atoms with Crippen LogP contribution in [0.3, 0.4) is 0 Å². The monoisotopic (exact) mass is 608 g/mol. The van der Waals surface area contributed by atoms with Crippen molar-refractivity contribution in [1.82, 2.24) is 10.2 Å². The second-order valence-corrected chi connectivity index (χ2v) is 13.4. The van der Waals surface area contributed by atoms with E-state index in [1.807, 2.05) is 61.5 Å². The first-order valence-corrected chi connectivity index (χ1v) is 16.4. The van der Waals surface area contributed by atoms with E-state index < -0.39 is 27.8 Å². The van der Waals surface area contributed by atoms with Gasteiger partial charge < -0.3 is 19.9 Å². The summed E-state index contributed by atoms with van der Waals surface area (Å²) in [6, 6.07) is 22.2. The van der Waals surface area contributed by atoms with Gasteiger partial charge in [0.1, 0.15) is 15.9 Å². The van der Waals surface area contributed by atoms with Crippen LogP contribution in [-0.4, -0.2) is 80.8 Å². The number of aryl methyl sites for hydroxylation is 1. The van der Waals surface area contributed by atoms with Crippen molar-refractivity contribution >= 4 is 21.7 Å². The standard InChI is InChI=1S/C33H40N2O7S/c1-23-9-7-8-12-28(23)30-17-25(13-14-29(30)32(36)34-31(33(37)38)15-16-43(3,39)40)19-35-20-27(18-26(35)22-41-2)42-21-24-10-5-4-6-11-24/h4-14,17,26-27,31H,15-16,18-22H2,1-3H3,(H,34,36)(H,37,38). The number of benzene rings is 3. The third-order valence-corrected chi connectivity index (χ3v) is 8.68. The quantitative estimate of drug-likeness (QED) is 0.281. The summed E-state index contributed by atoms with van der Waals surface area (Å²) in [5.74, 6) is -2.20. The van der Waals surface area contributed by atoms with E-state index in [2.05, 4.69) is 22.3 Å². The number of carbonyl (C=O) groups excluding carboxylic acids is 1. The van der Waals surface area contributed by atoms with Crippen LogP contribution in [-0.2, 0) is 37.3 Å². The fraction of sp³-hybridized carbons (Fsp3) is 0.394. The Hall–Kier alpha value is -3.57. The number of rotatable bonds is 14. The van der Waals surface area contributed by atoms with Gasteiger partial charge in [-0.1, -0.05) is 60.7 Å². The van der Waals surface area contributed by atoms with E-state index in [-0.39, 0.29) is 24.3 Å². The Morgan fingerprint density at radius 3 is 2.42 bits per heavy atom. The van der Waals surface area contributed by atoms with E-state index >= 15 is 0 Å². The maximum atomic E-state index is 13.4. The highest BCUT2D eigenvalue weighted by Crippen LogP contribution is 2.30. The van der Waals surface area contributed by atoms with Gasteiger partial charge >= 0.3 is 5.97 Å². The normalized spacial score (nSPS) is 17.9. The average molecular weight is 609 g/mol. The highest BCUT2D eigenvalue weighted by atomic mass is 32.2. The number of carboxylic acid groups (broad SMARTS) is 1. The molecule has 3 atom stereocenters. The molecule has 2 N–H and O–H groups in total. The summed E-state index contributed by atoms with van der Waals surface area (Å²) in [5.41, 5.74) is 4.95. The average Bonchev–Trinajstić information content (AvgIpc) is 3.35. The Labute approximate surface area is 253 Å². The van der Waals surface area contributed by atoms with Gasteiger partial charge in [0.2, 0.25) is 0 Å². The van der Waals surface area contributed by atoms with Crippen LogP contribution >= 0.6 is 0 Å². The predicted molar refractivity (Wildman–Crippen MR) is 166 cm³/mol. The van der Waals surface area contributed by atoms with Crippen molar-refractivity contribution in [3.63, 3.8) is 0 Å². The summed E-state index contributed by atoms with van der Waals surface area (Å²) in [5, 5.41) is 12.2. The predicted octanol–water partition coefficient (Wildman–Crippen LogP) is 4.09. The number of carboxylic acids is 1. The lowest BCUT2D eigenvalue weighted by atomic mass is 9.93. The van der Waals surface area contributed by atoms with Crippen LogP contribution in [0.15, 0.2) is 72.8 Å². The number of sulfone groups is 1. The zero-order chi connectivity index (χ0) is 31.0. The van der Waals surface area contributed by atoms with Gasteiger partial charge in [-0.05, 0) is 59.7 Å². The minimum atomic E-state index is -3.40. The fourth-order valence-corrected chi connectivity index (χ4v) is 6.12. The van der Waals surface area contributed by atoms with E-state index in [0.29, 0.717) is 30.9 Å². The van der Waals surface area contributed by atoms with Crippen molar-refractivity contribution in [2.24, 2.45) is 0 Å². The molecule has 0 aliphatic carbocycles. The van der Waals surface area contributed by atoms with Gasteiger partial charge in [0.05, 0.1) is 25.1 Å². The second kappa shape index (κ2) is 14.7. The molecule has 3 aromatic rings. The molecule has 0 spiro atoms. The van der Waals surface area contributed by atoms with Crippen molar-refractivity contribution in [3.05, 3.63) is 95.1 Å². The number of hydrogen-bond acceptors (Lipinski definition) is 7. The molecular formula is C33H40N2O7S. The van der Waals surface area contributed by atoms with E-state index in [9.17, 15) is 23.1 Å². The van der Waals surface area contributed by atoms with Crippen molar-refractivity contribution < 1.29 is 32.6 Å². The Morgan fingerprint density at radius 1 is 1.02 bits per heavy atom. The molecule has 4 rings (SSSR count). The minimum Gasteiger partial charge on any atom is -0.480 e. The van der Waals surface area contributed by atoms with E-state index in [1.54, 1.807) is 13.2 Å². The molecule has 1 amide bonds. The van der Waals surface area contributed by atoms with E-state index in [0.717, 1.165) is 41.5 Å². The largest absolute Gasteiger partial charge is 0.480 e. The molecule has 3 unspecified atom stereocenters. The highest BCUT2D eigenvalue weighted by molar-refractivity contribution is 7.90. The molecule has 43 heavy (non-hydrogen) atoms. The maximum absolute atomic E-state index is 13.4. The van der Waals surface area contributed by atoms with Crippen LogP contribution < -0.4 is 5.32 Å². The van der Waals surface area contributed by atoms with Crippen molar-refractivity contribution in [2.45, 2.75) is 51.1 Å². The Morgan fingerprint density at radius 2 is 1.74 bits per heavy atom. The highest BCUT2D eigenvalue weighted by Gasteiger charge is 2.33. The molecule has 9 nitrogen and oxygen atoms in total. The van der Waals surface area contributed by atoms with Crippen LogP contribution in [0.25, 0.3) is 11.1 Å². The first-order valence-electron chi connectivity index (χ1n) is 14.3. The summed E-state index contributed by atoms with van der Waals surface area (Å²) >= 11 is 0. The summed E-state index contributed by atoms with van der Waals surface area (Å²) < 4.78 is 35.0. The lowest BCUT2D eigenvalue weighted by Crippen LogP contribution is -2.42. The minimum absolute atomic E-state index is 0.0566. The molecule has 10 heteroatoms. The van der Waals surface area contributed by atoms with Crippen LogP contribution in [0.2, 0.25) is 0 Å². The van der Waals surface area contributed by atoms with Gasteiger partial charge in [0.25, 0.3) is 5.91 Å². The Balaban J connectivity index is 1.56. The number of amides is 1. The van der Waals surface area contributed by atoms with Crippen molar-refractivity contribution in [1.29, 1.82) is 0 Å². The molecule has 1 saturated heterocycles. The number of hydrogen-bond donors (Lipinski definition) is 2. The zero-order valence-electron chi connectivity index (χ0n) is 24.9. The lowest BCUT2D eigenvalue weighted by Gasteiger charge is -2.24. The summed E-state index contributed by atoms with van der Waals surface area (Å²) in [6.45, 7) is 4.43. The number of likely N-dealkylation sites (tertiary alicyclic amines) is 1. The third kappa shape index (κ3) is 9.21. The fourth-order valence-electron chi connectivity index (χ4n) is 5.45. The lowest BCUT2D eigenvalue weighted by molar-refractivity contribution is -0.139. The van der Waals surface area contributed by atoms with E-state index in [4.69, 9.17) is 9.47 Å². The zero-order valence-corrected chi connectivity index (χ0v) is 25.7. The molecule has 0 saturated carbocycles. The molecule has 3 aromatic carbocycles. The molecule has 230 valence electrons. The van der Waals surface area contributed by atoms with Crippen LogP contribution in [0, 0.1) is 6.92 Å². The number of nitrogens with one attached hydrogen (secondary N) is 1. The first kappa shape index (κ1) is 32.3. The van der Waals surface area contributed by atoms with Crippen molar-refractivity contribution in [2.75, 3.05) is 32.3 Å². The van der Waals surface area contributed by atoms with Crippen molar-refractivity contribution in [3.8, 4) is 11.1 Å². The number of nitrogens with zero attached hydrogens (tertiary/aromatic N) is 1. The number of ether oxygens (including phenoxy) is 2. The molecule has 0 radical (unpaired) electrons. The van der Waals surface area contributed by atoms with E-state index in [1.165, 1.54) is 0 Å². The molecule has 1 fully saturated rings. The first-order chi connectivity index (χ1) is 20.5. The van der Waals surface area contributed by atoms with Gasteiger partial charge in [-0.25, -0.2) is 13.2 Å². The van der Waals surface area contributed by atoms with Gasteiger partial charge in [-0.15, -0.1) is 0 Å². The number of carbonyl (C=O) groups is 2. The molecule has 0 aromatic heterocycles. The number of aliphatic carboxylic acids is 1. The molecule has 1 aliphatic rings. The summed E-state index contributed by atoms with van der Waals surface area (Å²) in [4.78, 5) is 27.6. The molecule has 1 heterocycles. The Kier molecular flexibility index (Phi) is 11.1. The summed E-state index contributed by atoms with van der Waals surface area (Å²) in [6.07, 6.45) is 1.72. The van der Waals surface area contributed by atoms with Gasteiger partial charge in [0, 0.05) is 38.1 Å². The second-order valence-electron chi connectivity index (χ2n) is 11.2. The van der Waals surface area contributed by atoms with Crippen LogP contribution in [0.1, 0.15) is 39.9 Å². The van der Waals surface area contributed by atoms with Crippen LogP contribution in [0.5, 0.6) is 0 Å². The molecule has 0 bridgehead atoms. The molecular weight excluding hydrogens is 568 g/mol. The van der Waals surface area contributed by atoms with Gasteiger partial charge in [-0.2, -0.15) is 0 Å². The van der Waals surface area contributed by atoms with Gasteiger partial charge in [-0.3, -0.25) is 9.69 Å². The molecule has 1 aliphatic heterocycles. The Bertz CT molecular complexity index is 1510. The topological polar surface area (TPSA) is 122 Å².